The lowest BCUT2D eigenvalue weighted by molar-refractivity contribution is 0.0544. The van der Waals surface area contributed by atoms with Crippen molar-refractivity contribution in [2.75, 3.05) is 18.4 Å². The summed E-state index contributed by atoms with van der Waals surface area (Å²) >= 11 is 0. The van der Waals surface area contributed by atoms with E-state index in [1.165, 1.54) is 0 Å². The minimum absolute atomic E-state index is 0.259. The van der Waals surface area contributed by atoms with Crippen molar-refractivity contribution in [2.45, 2.75) is 52.0 Å². The van der Waals surface area contributed by atoms with Crippen LogP contribution in [0.4, 0.5) is 5.82 Å². The fourth-order valence-electron chi connectivity index (χ4n) is 2.54. The molecule has 0 amide bonds. The van der Waals surface area contributed by atoms with Crippen molar-refractivity contribution in [3.8, 4) is 6.01 Å². The predicted octanol–water partition coefficient (Wildman–Crippen LogP) is 0.768. The molecule has 0 spiro atoms. The number of aryl methyl sites for hydroxylation is 1. The van der Waals surface area contributed by atoms with Gasteiger partial charge in [-0.05, 0) is 33.7 Å². The molecule has 2 aromatic rings. The Morgan fingerprint density at radius 2 is 2.30 bits per heavy atom. The monoisotopic (exact) mass is 320 g/mol. The summed E-state index contributed by atoms with van der Waals surface area (Å²) in [6, 6.07) is 0.580. The number of anilines is 1. The van der Waals surface area contributed by atoms with Crippen molar-refractivity contribution in [1.82, 2.24) is 24.8 Å². The molecule has 8 nitrogen and oxygen atoms in total. The van der Waals surface area contributed by atoms with Crippen molar-refractivity contribution in [2.24, 2.45) is 0 Å². The van der Waals surface area contributed by atoms with Crippen LogP contribution >= 0.6 is 0 Å². The molecule has 2 aromatic heterocycles. The molecule has 126 valence electrons. The van der Waals surface area contributed by atoms with Crippen LogP contribution in [0.25, 0.3) is 11.2 Å². The van der Waals surface area contributed by atoms with E-state index in [2.05, 4.69) is 25.6 Å². The van der Waals surface area contributed by atoms with E-state index in [0.29, 0.717) is 11.9 Å². The van der Waals surface area contributed by atoms with Crippen LogP contribution in [0.15, 0.2) is 6.33 Å². The first kappa shape index (κ1) is 15.9. The van der Waals surface area contributed by atoms with Crippen LogP contribution in [0, 0.1) is 0 Å². The van der Waals surface area contributed by atoms with Crippen molar-refractivity contribution in [1.29, 1.82) is 0 Å². The van der Waals surface area contributed by atoms with Crippen LogP contribution < -0.4 is 15.4 Å². The molecule has 0 saturated carbocycles. The molecular formula is C15H24N6O2. The minimum atomic E-state index is -0.596. The predicted molar refractivity (Wildman–Crippen MR) is 87.7 cm³/mol. The van der Waals surface area contributed by atoms with Gasteiger partial charge >= 0.3 is 6.01 Å². The first-order valence-electron chi connectivity index (χ1n) is 8.13. The lowest BCUT2D eigenvalue weighted by Crippen LogP contribution is -2.27. The van der Waals surface area contributed by atoms with Gasteiger partial charge in [0.25, 0.3) is 0 Å². The van der Waals surface area contributed by atoms with Crippen LogP contribution in [-0.4, -0.2) is 56.0 Å². The molecule has 1 fully saturated rings. The van der Waals surface area contributed by atoms with Gasteiger partial charge in [0.15, 0.2) is 17.0 Å². The van der Waals surface area contributed by atoms with Gasteiger partial charge in [-0.1, -0.05) is 0 Å². The van der Waals surface area contributed by atoms with Gasteiger partial charge in [-0.3, -0.25) is 0 Å². The van der Waals surface area contributed by atoms with Gasteiger partial charge in [-0.2, -0.15) is 9.97 Å². The van der Waals surface area contributed by atoms with Crippen LogP contribution in [0.3, 0.4) is 0 Å². The number of nitrogens with one attached hydrogen (secondary N) is 2. The Labute approximate surface area is 135 Å². The third-order valence-electron chi connectivity index (χ3n) is 4.16. The number of rotatable bonds is 6. The zero-order chi connectivity index (χ0) is 16.4. The van der Waals surface area contributed by atoms with E-state index < -0.39 is 6.10 Å². The highest BCUT2D eigenvalue weighted by Gasteiger charge is 2.21. The van der Waals surface area contributed by atoms with E-state index in [1.54, 1.807) is 20.2 Å². The molecule has 3 N–H and O–H groups in total. The summed E-state index contributed by atoms with van der Waals surface area (Å²) in [4.78, 5) is 13.4. The first-order chi connectivity index (χ1) is 11.1. The van der Waals surface area contributed by atoms with E-state index in [4.69, 9.17) is 4.74 Å². The van der Waals surface area contributed by atoms with Crippen molar-refractivity contribution >= 4 is 17.0 Å². The van der Waals surface area contributed by atoms with E-state index in [-0.39, 0.29) is 12.1 Å². The number of aliphatic hydroxyl groups is 1. The van der Waals surface area contributed by atoms with E-state index in [0.717, 1.165) is 37.2 Å². The molecule has 0 bridgehead atoms. The van der Waals surface area contributed by atoms with Gasteiger partial charge in [0.1, 0.15) is 6.10 Å². The molecule has 1 saturated heterocycles. The summed E-state index contributed by atoms with van der Waals surface area (Å²) in [5.41, 5.74) is 1.49. The number of hydrogen-bond acceptors (Lipinski definition) is 7. The maximum atomic E-state index is 9.63. The van der Waals surface area contributed by atoms with Crippen LogP contribution in [-0.2, 0) is 6.54 Å². The number of aromatic nitrogens is 4. The number of aliphatic hydroxyl groups excluding tert-OH is 1. The largest absolute Gasteiger partial charge is 0.458 e. The summed E-state index contributed by atoms with van der Waals surface area (Å²) in [5.74, 6) is 0.684. The summed E-state index contributed by atoms with van der Waals surface area (Å²) in [6.07, 6.45) is 1.83. The van der Waals surface area contributed by atoms with Crippen LogP contribution in [0.5, 0.6) is 6.01 Å². The lowest BCUT2D eigenvalue weighted by atomic mass is 10.2. The second-order valence-corrected chi connectivity index (χ2v) is 5.96. The molecule has 1 aliphatic rings. The molecule has 0 unspecified atom stereocenters. The van der Waals surface area contributed by atoms with E-state index in [1.807, 2.05) is 11.5 Å². The third-order valence-corrected chi connectivity index (χ3v) is 4.16. The Kier molecular flexibility index (Phi) is 4.63. The number of hydrogen-bond donors (Lipinski definition) is 3. The number of ether oxygens (including phenoxy) is 1. The molecule has 0 radical (unpaired) electrons. The third kappa shape index (κ3) is 3.37. The van der Waals surface area contributed by atoms with Gasteiger partial charge in [-0.15, -0.1) is 0 Å². The topological polar surface area (TPSA) is 97.1 Å². The molecule has 8 heteroatoms. The maximum Gasteiger partial charge on any atom is 0.320 e. The average molecular weight is 320 g/mol. The quantitative estimate of drug-likeness (QED) is 0.723. The van der Waals surface area contributed by atoms with Crippen LogP contribution in [0.1, 0.15) is 27.2 Å². The molecule has 1 aliphatic heterocycles. The van der Waals surface area contributed by atoms with Gasteiger partial charge in [0.2, 0.25) is 0 Å². The molecule has 0 aliphatic carbocycles. The molecule has 3 heterocycles. The number of imidazole rings is 1. The summed E-state index contributed by atoms with van der Waals surface area (Å²) < 4.78 is 7.64. The van der Waals surface area contributed by atoms with Crippen molar-refractivity contribution < 1.29 is 9.84 Å². The van der Waals surface area contributed by atoms with Gasteiger partial charge in [0, 0.05) is 19.1 Å². The molecule has 23 heavy (non-hydrogen) atoms. The Morgan fingerprint density at radius 3 is 2.96 bits per heavy atom. The molecule has 0 aromatic carbocycles. The normalized spacial score (nSPS) is 20.6. The standard InChI is InChI=1S/C15H24N6O2/c1-4-21-8-17-12-13(18-11-5-6-16-7-11)19-15(20-14(12)21)23-10(3)9(2)22/h8-11,16,22H,4-7H2,1-3H3,(H,18,19,20)/t9-,10-,11-/m0/s1. The first-order valence-corrected chi connectivity index (χ1v) is 8.13. The Hall–Kier alpha value is -1.93. The maximum absolute atomic E-state index is 9.63. The fourth-order valence-corrected chi connectivity index (χ4v) is 2.54. The van der Waals surface area contributed by atoms with Gasteiger partial charge in [0.05, 0.1) is 12.4 Å². The molecular weight excluding hydrogens is 296 g/mol. The van der Waals surface area contributed by atoms with Crippen LogP contribution in [0.2, 0.25) is 0 Å². The fraction of sp³-hybridized carbons (Fsp3) is 0.667. The van der Waals surface area contributed by atoms with E-state index >= 15 is 0 Å². The summed E-state index contributed by atoms with van der Waals surface area (Å²) in [7, 11) is 0. The summed E-state index contributed by atoms with van der Waals surface area (Å²) in [6.45, 7) is 8.18. The minimum Gasteiger partial charge on any atom is -0.458 e. The highest BCUT2D eigenvalue weighted by atomic mass is 16.5. The Balaban J connectivity index is 1.96. The molecule has 3 atom stereocenters. The highest BCUT2D eigenvalue weighted by molar-refractivity contribution is 5.83. The zero-order valence-electron chi connectivity index (χ0n) is 13.8. The highest BCUT2D eigenvalue weighted by Crippen LogP contribution is 2.24. The SMILES string of the molecule is CCn1cnc2c(N[C@H]3CCNC3)nc(O[C@@H](C)[C@H](C)O)nc21. The number of nitrogens with zero attached hydrogens (tertiary/aromatic N) is 4. The Morgan fingerprint density at radius 1 is 1.48 bits per heavy atom. The summed E-state index contributed by atoms with van der Waals surface area (Å²) in [5, 5.41) is 16.4. The second-order valence-electron chi connectivity index (χ2n) is 5.96. The van der Waals surface area contributed by atoms with Gasteiger partial charge in [-0.25, -0.2) is 4.98 Å². The lowest BCUT2D eigenvalue weighted by Gasteiger charge is -2.17. The van der Waals surface area contributed by atoms with Gasteiger partial charge < -0.3 is 25.0 Å². The zero-order valence-corrected chi connectivity index (χ0v) is 13.8. The molecule has 3 rings (SSSR count). The second kappa shape index (κ2) is 6.67. The van der Waals surface area contributed by atoms with Crippen molar-refractivity contribution in [3.05, 3.63) is 6.33 Å². The van der Waals surface area contributed by atoms with E-state index in [9.17, 15) is 5.11 Å². The average Bonchev–Trinajstić information content (AvgIpc) is 3.16. The Bertz CT molecular complexity index is 665. The van der Waals surface area contributed by atoms with Crippen molar-refractivity contribution in [3.63, 3.8) is 0 Å². The smallest absolute Gasteiger partial charge is 0.320 e. The number of fused-ring (bicyclic) bond motifs is 1.